The summed E-state index contributed by atoms with van der Waals surface area (Å²) in [6.45, 7) is 5.81. The molecule has 0 heterocycles. The van der Waals surface area contributed by atoms with Crippen LogP contribution in [0, 0.1) is 6.08 Å². The van der Waals surface area contributed by atoms with Crippen LogP contribution < -0.4 is 0 Å². The average molecular weight is 159 g/mol. The first-order valence-electron chi connectivity index (χ1n) is 4.49. The van der Waals surface area contributed by atoms with Crippen molar-refractivity contribution in [2.24, 2.45) is 0 Å². The van der Waals surface area contributed by atoms with Gasteiger partial charge in [0.1, 0.15) is 0 Å². The van der Waals surface area contributed by atoms with Crippen LogP contribution in [0.4, 0.5) is 0 Å². The Morgan fingerprint density at radius 1 is 1.25 bits per heavy atom. The first-order valence-corrected chi connectivity index (χ1v) is 4.49. The Bertz CT molecular complexity index is 231. The maximum Gasteiger partial charge on any atom is -0.0183 e. The van der Waals surface area contributed by atoms with Gasteiger partial charge in [-0.15, -0.1) is 0 Å². The van der Waals surface area contributed by atoms with Gasteiger partial charge in [0.2, 0.25) is 0 Å². The van der Waals surface area contributed by atoms with E-state index in [1.54, 1.807) is 0 Å². The zero-order chi connectivity index (χ0) is 8.81. The Kier molecular flexibility index (Phi) is 3.59. The number of hydrogen-bond acceptors (Lipinski definition) is 0. The smallest absolute Gasteiger partial charge is 0.0183 e. The van der Waals surface area contributed by atoms with E-state index >= 15 is 0 Å². The quantitative estimate of drug-likeness (QED) is 0.632. The van der Waals surface area contributed by atoms with Crippen LogP contribution >= 0.6 is 0 Å². The summed E-state index contributed by atoms with van der Waals surface area (Å²) in [7, 11) is 0. The molecule has 1 radical (unpaired) electrons. The summed E-state index contributed by atoms with van der Waals surface area (Å²) < 4.78 is 0. The fraction of sp³-hybridized carbons (Fsp3) is 0.333. The molecular weight excluding hydrogens is 144 g/mol. The van der Waals surface area contributed by atoms with Crippen LogP contribution in [-0.4, -0.2) is 0 Å². The van der Waals surface area contributed by atoms with Crippen LogP contribution in [0.2, 0.25) is 0 Å². The molecule has 0 spiro atoms. The van der Waals surface area contributed by atoms with E-state index in [4.69, 9.17) is 0 Å². The van der Waals surface area contributed by atoms with Gasteiger partial charge < -0.3 is 0 Å². The van der Waals surface area contributed by atoms with Gasteiger partial charge in [-0.05, 0) is 30.0 Å². The topological polar surface area (TPSA) is 0 Å². The molecule has 12 heavy (non-hydrogen) atoms. The molecule has 1 aromatic carbocycles. The highest BCUT2D eigenvalue weighted by Crippen LogP contribution is 2.07. The first-order chi connectivity index (χ1) is 5.86. The summed E-state index contributed by atoms with van der Waals surface area (Å²) in [5.74, 6) is 0. The molecule has 0 aromatic heterocycles. The summed E-state index contributed by atoms with van der Waals surface area (Å²) in [4.78, 5) is 0. The van der Waals surface area contributed by atoms with Gasteiger partial charge in [-0.1, -0.05) is 44.2 Å². The molecule has 0 heteroatoms. The third-order valence-electron chi connectivity index (χ3n) is 1.98. The highest BCUT2D eigenvalue weighted by Gasteiger charge is 1.91. The lowest BCUT2D eigenvalue weighted by Crippen LogP contribution is -1.84. The van der Waals surface area contributed by atoms with E-state index in [9.17, 15) is 0 Å². The molecule has 0 bridgehead atoms. The second-order valence-electron chi connectivity index (χ2n) is 2.98. The van der Waals surface area contributed by atoms with Gasteiger partial charge in [-0.2, -0.15) is 0 Å². The molecule has 0 aliphatic rings. The van der Waals surface area contributed by atoms with Gasteiger partial charge in [-0.3, -0.25) is 0 Å². The number of benzene rings is 1. The standard InChI is InChI=1S/C12H15/c1-3-5-6-12-9-7-11(4-2)8-10-12/h7-10H,2-3,5-6H2,1H3. The van der Waals surface area contributed by atoms with Crippen molar-refractivity contribution in [2.45, 2.75) is 26.2 Å². The molecule has 0 N–H and O–H groups in total. The fourth-order valence-corrected chi connectivity index (χ4v) is 1.17. The van der Waals surface area contributed by atoms with Gasteiger partial charge in [-0.25, -0.2) is 0 Å². The molecule has 0 nitrogen and oxygen atoms in total. The van der Waals surface area contributed by atoms with E-state index in [1.807, 2.05) is 0 Å². The molecule has 0 saturated carbocycles. The fourth-order valence-electron chi connectivity index (χ4n) is 1.17. The molecule has 0 aliphatic carbocycles. The van der Waals surface area contributed by atoms with Crippen molar-refractivity contribution < 1.29 is 0 Å². The molecule has 1 rings (SSSR count). The summed E-state index contributed by atoms with van der Waals surface area (Å²) >= 11 is 0. The summed E-state index contributed by atoms with van der Waals surface area (Å²) in [6.07, 6.45) is 6.58. The molecule has 0 aliphatic heterocycles. The van der Waals surface area contributed by atoms with E-state index in [2.05, 4.69) is 43.8 Å². The second kappa shape index (κ2) is 4.76. The van der Waals surface area contributed by atoms with E-state index in [0.717, 1.165) is 5.56 Å². The Morgan fingerprint density at radius 3 is 2.42 bits per heavy atom. The van der Waals surface area contributed by atoms with Crippen LogP contribution in [0.3, 0.4) is 0 Å². The third-order valence-corrected chi connectivity index (χ3v) is 1.98. The molecule has 63 valence electrons. The van der Waals surface area contributed by atoms with Crippen molar-refractivity contribution in [1.82, 2.24) is 0 Å². The highest BCUT2D eigenvalue weighted by atomic mass is 14.0. The Labute approximate surface area is 74.9 Å². The zero-order valence-electron chi connectivity index (χ0n) is 7.64. The van der Waals surface area contributed by atoms with E-state index in [1.165, 1.54) is 24.8 Å². The molecular formula is C12H15. The van der Waals surface area contributed by atoms with E-state index in [-0.39, 0.29) is 0 Å². The predicted octanol–water partition coefficient (Wildman–Crippen LogP) is 3.37. The minimum atomic E-state index is 1.08. The lowest BCUT2D eigenvalue weighted by molar-refractivity contribution is 0.795. The lowest BCUT2D eigenvalue weighted by Gasteiger charge is -1.99. The van der Waals surface area contributed by atoms with Crippen LogP contribution in [-0.2, 0) is 6.42 Å². The maximum atomic E-state index is 3.60. The zero-order valence-corrected chi connectivity index (χ0v) is 7.64. The lowest BCUT2D eigenvalue weighted by atomic mass is 10.1. The largest absolute Gasteiger partial charge is 0.0906 e. The minimum Gasteiger partial charge on any atom is -0.0906 e. The first kappa shape index (κ1) is 9.05. The van der Waals surface area contributed by atoms with Crippen molar-refractivity contribution in [3.05, 3.63) is 48.0 Å². The average Bonchev–Trinajstić information content (AvgIpc) is 2.15. The van der Waals surface area contributed by atoms with E-state index in [0.29, 0.717) is 0 Å². The molecule has 0 amide bonds. The Hall–Kier alpha value is -1.04. The SMILES string of the molecule is C=[C]c1ccc(CCCC)cc1. The van der Waals surface area contributed by atoms with Crippen molar-refractivity contribution in [3.63, 3.8) is 0 Å². The molecule has 1 aromatic rings. The van der Waals surface area contributed by atoms with Gasteiger partial charge in [0.15, 0.2) is 0 Å². The molecule has 0 atom stereocenters. The molecule has 0 saturated heterocycles. The number of aryl methyl sites for hydroxylation is 1. The number of rotatable bonds is 4. The summed E-state index contributed by atoms with van der Waals surface area (Å²) in [5.41, 5.74) is 2.49. The molecule has 0 unspecified atom stereocenters. The van der Waals surface area contributed by atoms with Crippen molar-refractivity contribution in [3.8, 4) is 0 Å². The third kappa shape index (κ3) is 2.54. The van der Waals surface area contributed by atoms with E-state index < -0.39 is 0 Å². The van der Waals surface area contributed by atoms with Gasteiger partial charge in [0.25, 0.3) is 0 Å². The number of unbranched alkanes of at least 4 members (excludes halogenated alkanes) is 1. The van der Waals surface area contributed by atoms with Crippen LogP contribution in [0.5, 0.6) is 0 Å². The second-order valence-corrected chi connectivity index (χ2v) is 2.98. The summed E-state index contributed by atoms with van der Waals surface area (Å²) in [6, 6.07) is 8.45. The Morgan fingerprint density at radius 2 is 1.92 bits per heavy atom. The van der Waals surface area contributed by atoms with Crippen molar-refractivity contribution >= 4 is 0 Å². The van der Waals surface area contributed by atoms with Crippen LogP contribution in [0.1, 0.15) is 30.9 Å². The normalized spacial score (nSPS) is 9.75. The Balaban J connectivity index is 2.58. The van der Waals surface area contributed by atoms with Crippen molar-refractivity contribution in [1.29, 1.82) is 0 Å². The van der Waals surface area contributed by atoms with Gasteiger partial charge in [0, 0.05) is 0 Å². The summed E-state index contributed by atoms with van der Waals surface area (Å²) in [5, 5.41) is 0. The van der Waals surface area contributed by atoms with Gasteiger partial charge >= 0.3 is 0 Å². The predicted molar refractivity (Wildman–Crippen MR) is 53.0 cm³/mol. The monoisotopic (exact) mass is 159 g/mol. The van der Waals surface area contributed by atoms with Crippen LogP contribution in [0.25, 0.3) is 0 Å². The minimum absolute atomic E-state index is 1.08. The maximum absolute atomic E-state index is 3.60. The van der Waals surface area contributed by atoms with Crippen LogP contribution in [0.15, 0.2) is 30.8 Å². The van der Waals surface area contributed by atoms with Crippen molar-refractivity contribution in [2.75, 3.05) is 0 Å². The number of hydrogen-bond donors (Lipinski definition) is 0. The van der Waals surface area contributed by atoms with Gasteiger partial charge in [0.05, 0.1) is 0 Å². The highest BCUT2D eigenvalue weighted by molar-refractivity contribution is 5.26. The molecule has 0 fully saturated rings.